The maximum absolute atomic E-state index is 12.9. The molecule has 0 spiro atoms. The van der Waals surface area contributed by atoms with E-state index in [4.69, 9.17) is 9.05 Å². The van der Waals surface area contributed by atoms with Crippen LogP contribution in [0.2, 0.25) is 0 Å². The van der Waals surface area contributed by atoms with Gasteiger partial charge in [-0.05, 0) is 12.8 Å². The molecule has 0 rings (SSSR count). The van der Waals surface area contributed by atoms with Crippen LogP contribution < -0.4 is 5.32 Å². The highest BCUT2D eigenvalue weighted by Gasteiger charge is 2.28. The van der Waals surface area contributed by atoms with Gasteiger partial charge >= 0.3 is 7.82 Å². The minimum atomic E-state index is -4.31. The molecule has 8 nitrogen and oxygen atoms in total. The third-order valence-corrected chi connectivity index (χ3v) is 12.3. The molecule has 0 aromatic carbocycles. The first kappa shape index (κ1) is 55.5. The first-order chi connectivity index (χ1) is 27.0. The predicted molar refractivity (Wildman–Crippen MR) is 240 cm³/mol. The number of unbranched alkanes of at least 4 members (excludes halogenated alkanes) is 32. The molecular weight excluding hydrogens is 719 g/mol. The van der Waals surface area contributed by atoms with Crippen molar-refractivity contribution in [2.24, 2.45) is 0 Å². The number of amides is 1. The third kappa shape index (κ3) is 41.7. The van der Waals surface area contributed by atoms with Crippen LogP contribution in [0.3, 0.4) is 0 Å². The summed E-state index contributed by atoms with van der Waals surface area (Å²) >= 11 is 0. The molecular formula is C47H98N2O6P+. The topological polar surface area (TPSA) is 105 Å². The number of likely N-dealkylation sites (N-methyl/N-ethyl adjacent to an activating group) is 1. The summed E-state index contributed by atoms with van der Waals surface area (Å²) in [6.45, 7) is 4.92. The molecule has 56 heavy (non-hydrogen) atoms. The van der Waals surface area contributed by atoms with Crippen molar-refractivity contribution in [3.8, 4) is 0 Å². The fourth-order valence-electron chi connectivity index (χ4n) is 7.46. The van der Waals surface area contributed by atoms with Crippen molar-refractivity contribution in [1.82, 2.24) is 5.32 Å². The summed E-state index contributed by atoms with van der Waals surface area (Å²) < 4.78 is 23.7. The number of nitrogens with zero attached hydrogens (tertiary/aromatic N) is 1. The van der Waals surface area contributed by atoms with E-state index in [1.165, 1.54) is 180 Å². The maximum Gasteiger partial charge on any atom is 0.472 e. The number of carbonyl (C=O) groups is 1. The molecule has 0 aliphatic heterocycles. The van der Waals surface area contributed by atoms with Crippen LogP contribution in [0.15, 0.2) is 0 Å². The molecule has 1 amide bonds. The standard InChI is InChI=1S/C47H97N2O6P/c1-6-8-10-12-14-16-18-20-22-24-25-27-29-31-33-35-37-39-41-47(51)48-45(44-55-56(52,53)54-43-42-49(3,4)5)46(50)40-38-36-34-32-30-28-26-23-21-19-17-15-13-11-9-7-2/h45-46,50H,6-44H2,1-5H3,(H-,48,51,52,53)/p+1/t45-,46+/m0/s1. The zero-order valence-electron chi connectivity index (χ0n) is 38.2. The highest BCUT2D eigenvalue weighted by Crippen LogP contribution is 2.43. The van der Waals surface area contributed by atoms with Crippen molar-refractivity contribution < 1.29 is 32.9 Å². The number of phosphoric ester groups is 1. The van der Waals surface area contributed by atoms with E-state index in [1.54, 1.807) is 0 Å². The normalized spacial score (nSPS) is 14.2. The van der Waals surface area contributed by atoms with Crippen LogP contribution in [0.5, 0.6) is 0 Å². The lowest BCUT2D eigenvalue weighted by molar-refractivity contribution is -0.870. The van der Waals surface area contributed by atoms with Gasteiger partial charge in [-0.15, -0.1) is 0 Å². The molecule has 0 aromatic heterocycles. The van der Waals surface area contributed by atoms with Gasteiger partial charge in [-0.3, -0.25) is 13.8 Å². The quantitative estimate of drug-likeness (QED) is 0.0321. The molecule has 0 fully saturated rings. The fraction of sp³-hybridized carbons (Fsp3) is 0.979. The number of nitrogens with one attached hydrogen (secondary N) is 1. The summed E-state index contributed by atoms with van der Waals surface area (Å²) in [5.74, 6) is -0.139. The van der Waals surface area contributed by atoms with Crippen LogP contribution in [0, 0.1) is 0 Å². The third-order valence-electron chi connectivity index (χ3n) is 11.4. The van der Waals surface area contributed by atoms with Crippen molar-refractivity contribution in [3.63, 3.8) is 0 Å². The van der Waals surface area contributed by atoms with Crippen LogP contribution in [0.4, 0.5) is 0 Å². The van der Waals surface area contributed by atoms with Crippen molar-refractivity contribution in [3.05, 3.63) is 0 Å². The van der Waals surface area contributed by atoms with E-state index >= 15 is 0 Å². The van der Waals surface area contributed by atoms with E-state index < -0.39 is 20.0 Å². The van der Waals surface area contributed by atoms with Crippen molar-refractivity contribution in [2.75, 3.05) is 40.9 Å². The molecule has 0 heterocycles. The summed E-state index contributed by atoms with van der Waals surface area (Å²) in [6.07, 6.45) is 44.1. The second-order valence-electron chi connectivity index (χ2n) is 18.2. The molecule has 0 aliphatic carbocycles. The second kappa shape index (κ2) is 39.9. The van der Waals surface area contributed by atoms with Gasteiger partial charge in [0.2, 0.25) is 5.91 Å². The lowest BCUT2D eigenvalue weighted by atomic mass is 10.0. The van der Waals surface area contributed by atoms with Gasteiger partial charge < -0.3 is 19.8 Å². The molecule has 0 radical (unpaired) electrons. The van der Waals surface area contributed by atoms with Crippen LogP contribution in [-0.2, 0) is 18.4 Å². The monoisotopic (exact) mass is 818 g/mol. The average Bonchev–Trinajstić information content (AvgIpc) is 3.15. The van der Waals surface area contributed by atoms with Gasteiger partial charge in [-0.2, -0.15) is 0 Å². The van der Waals surface area contributed by atoms with E-state index in [-0.39, 0.29) is 19.1 Å². The van der Waals surface area contributed by atoms with Crippen molar-refractivity contribution in [1.29, 1.82) is 0 Å². The number of hydrogen-bond donors (Lipinski definition) is 3. The molecule has 0 aliphatic rings. The molecule has 0 bridgehead atoms. The summed E-state index contributed by atoms with van der Waals surface area (Å²) in [6, 6.07) is -0.753. The van der Waals surface area contributed by atoms with E-state index in [0.717, 1.165) is 38.5 Å². The lowest BCUT2D eigenvalue weighted by Gasteiger charge is -2.26. The van der Waals surface area contributed by atoms with Crippen molar-refractivity contribution >= 4 is 13.7 Å². The average molecular weight is 818 g/mol. The Bertz CT molecular complexity index is 885. The van der Waals surface area contributed by atoms with Gasteiger partial charge in [0.1, 0.15) is 13.2 Å². The van der Waals surface area contributed by atoms with E-state index in [0.29, 0.717) is 23.9 Å². The summed E-state index contributed by atoms with van der Waals surface area (Å²) in [5.41, 5.74) is 0. The fourth-order valence-corrected chi connectivity index (χ4v) is 8.20. The number of aliphatic hydroxyl groups excluding tert-OH is 1. The number of aliphatic hydroxyl groups is 1. The zero-order valence-corrected chi connectivity index (χ0v) is 39.0. The highest BCUT2D eigenvalue weighted by molar-refractivity contribution is 7.47. The Kier molecular flexibility index (Phi) is 39.6. The molecule has 0 saturated carbocycles. The Morgan fingerprint density at radius 2 is 0.857 bits per heavy atom. The maximum atomic E-state index is 12.9. The molecule has 3 N–H and O–H groups in total. The lowest BCUT2D eigenvalue weighted by Crippen LogP contribution is -2.46. The van der Waals surface area contributed by atoms with Gasteiger partial charge in [0.15, 0.2) is 0 Å². The molecule has 3 atom stereocenters. The first-order valence-corrected chi connectivity index (χ1v) is 25.9. The van der Waals surface area contributed by atoms with Gasteiger partial charge in [-0.25, -0.2) is 4.57 Å². The van der Waals surface area contributed by atoms with Crippen LogP contribution >= 0.6 is 7.82 Å². The smallest absolute Gasteiger partial charge is 0.391 e. The molecule has 9 heteroatoms. The van der Waals surface area contributed by atoms with Crippen molar-refractivity contribution in [2.45, 2.75) is 257 Å². The second-order valence-corrected chi connectivity index (χ2v) is 19.7. The van der Waals surface area contributed by atoms with Crippen LogP contribution in [0.25, 0.3) is 0 Å². The van der Waals surface area contributed by atoms with Gasteiger partial charge in [0, 0.05) is 6.42 Å². The summed E-state index contributed by atoms with van der Waals surface area (Å²) in [5, 5.41) is 14.0. The first-order valence-electron chi connectivity index (χ1n) is 24.4. The predicted octanol–water partition coefficient (Wildman–Crippen LogP) is 13.8. The Labute approximate surface area is 349 Å². The Hall–Kier alpha value is -0.500. The van der Waals surface area contributed by atoms with E-state index in [9.17, 15) is 19.4 Å². The molecule has 1 unspecified atom stereocenters. The number of rotatable bonds is 45. The van der Waals surface area contributed by atoms with E-state index in [1.807, 2.05) is 21.1 Å². The minimum Gasteiger partial charge on any atom is -0.391 e. The van der Waals surface area contributed by atoms with Crippen LogP contribution in [-0.4, -0.2) is 73.4 Å². The zero-order chi connectivity index (χ0) is 41.4. The Morgan fingerprint density at radius 1 is 0.536 bits per heavy atom. The largest absolute Gasteiger partial charge is 0.472 e. The van der Waals surface area contributed by atoms with Gasteiger partial charge in [0.25, 0.3) is 0 Å². The Morgan fingerprint density at radius 3 is 1.20 bits per heavy atom. The Balaban J connectivity index is 4.26. The molecule has 336 valence electrons. The molecule has 0 saturated heterocycles. The number of quaternary nitrogens is 1. The van der Waals surface area contributed by atoms with E-state index in [2.05, 4.69) is 19.2 Å². The van der Waals surface area contributed by atoms with Crippen LogP contribution in [0.1, 0.15) is 245 Å². The molecule has 0 aromatic rings. The van der Waals surface area contributed by atoms with Gasteiger partial charge in [0.05, 0.1) is 39.9 Å². The minimum absolute atomic E-state index is 0.0788. The number of hydrogen-bond acceptors (Lipinski definition) is 5. The highest BCUT2D eigenvalue weighted by atomic mass is 31.2. The number of phosphoric acid groups is 1. The number of carbonyl (C=O) groups excluding carboxylic acids is 1. The SMILES string of the molecule is CCCCCCCCCCCCCCCCCCCCC(=O)N[C@@H](COP(=O)(O)OCC[N+](C)(C)C)[C@H](O)CCCCCCCCCCCCCCCCCC. The van der Waals surface area contributed by atoms with Gasteiger partial charge in [-0.1, -0.05) is 226 Å². The summed E-state index contributed by atoms with van der Waals surface area (Å²) in [7, 11) is 1.63. The summed E-state index contributed by atoms with van der Waals surface area (Å²) in [4.78, 5) is 23.2.